The zero-order valence-corrected chi connectivity index (χ0v) is 18.1. The Morgan fingerprint density at radius 1 is 0.655 bits per heavy atom. The molecule has 2 aromatic rings. The van der Waals surface area contributed by atoms with Gasteiger partial charge in [0.2, 0.25) is 5.75 Å². The molecule has 158 valence electrons. The largest absolute Gasteiger partial charge is 0.497 e. The van der Waals surface area contributed by atoms with Crippen LogP contribution < -0.4 is 23.7 Å². The maximum atomic E-state index is 6.59. The third-order valence-electron chi connectivity index (χ3n) is 5.84. The van der Waals surface area contributed by atoms with Gasteiger partial charge in [-0.25, -0.2) is 0 Å². The second kappa shape index (κ2) is 8.82. The highest BCUT2D eigenvalue weighted by Gasteiger charge is 2.42. The van der Waals surface area contributed by atoms with E-state index in [4.69, 9.17) is 28.4 Å². The lowest BCUT2D eigenvalue weighted by Gasteiger charge is -2.20. The van der Waals surface area contributed by atoms with E-state index in [0.717, 1.165) is 22.6 Å². The lowest BCUT2D eigenvalue weighted by atomic mass is 9.85. The van der Waals surface area contributed by atoms with E-state index in [9.17, 15) is 0 Å². The zero-order valence-electron chi connectivity index (χ0n) is 18.1. The summed E-state index contributed by atoms with van der Waals surface area (Å²) in [5.41, 5.74) is 1.98. The summed E-state index contributed by atoms with van der Waals surface area (Å²) in [6, 6.07) is 9.72. The fourth-order valence-electron chi connectivity index (χ4n) is 4.02. The summed E-state index contributed by atoms with van der Waals surface area (Å²) in [5.74, 6) is 3.91. The summed E-state index contributed by atoms with van der Waals surface area (Å²) in [6.07, 6.45) is -0.251. The van der Waals surface area contributed by atoms with Gasteiger partial charge in [-0.1, -0.05) is 13.8 Å². The molecule has 0 aromatic heterocycles. The first kappa shape index (κ1) is 21.1. The molecule has 6 heteroatoms. The lowest BCUT2D eigenvalue weighted by molar-refractivity contribution is 0.0274. The number of ether oxygens (including phenoxy) is 6. The van der Waals surface area contributed by atoms with Crippen molar-refractivity contribution in [2.45, 2.75) is 26.1 Å². The molecule has 1 aliphatic heterocycles. The molecule has 1 heterocycles. The van der Waals surface area contributed by atoms with E-state index >= 15 is 0 Å². The first-order valence-corrected chi connectivity index (χ1v) is 9.66. The minimum Gasteiger partial charge on any atom is -0.497 e. The Morgan fingerprint density at radius 3 is 1.76 bits per heavy atom. The van der Waals surface area contributed by atoms with Crippen molar-refractivity contribution in [3.05, 3.63) is 41.5 Å². The third kappa shape index (κ3) is 3.81. The number of rotatable bonds is 7. The average Bonchev–Trinajstić information content (AvgIpc) is 3.06. The van der Waals surface area contributed by atoms with E-state index in [1.165, 1.54) is 0 Å². The standard InChI is InChI=1S/C23H30O6/c1-13-14(2)22(17-12-16(24-3)8-9-18(17)25-4)29-21(13)15-10-19(26-5)23(28-7)20(11-15)27-6/h8-14,21-22H,1-7H3. The molecule has 6 nitrogen and oxygen atoms in total. The molecule has 2 aromatic carbocycles. The van der Waals surface area contributed by atoms with E-state index < -0.39 is 0 Å². The van der Waals surface area contributed by atoms with Gasteiger partial charge in [0.25, 0.3) is 0 Å². The fraction of sp³-hybridized carbons (Fsp3) is 0.478. The lowest BCUT2D eigenvalue weighted by Crippen LogP contribution is -2.11. The van der Waals surface area contributed by atoms with Crippen molar-refractivity contribution in [3.8, 4) is 28.7 Å². The molecular weight excluding hydrogens is 372 g/mol. The number of hydrogen-bond acceptors (Lipinski definition) is 6. The number of methoxy groups -OCH3 is 5. The Bertz CT molecular complexity index is 824. The van der Waals surface area contributed by atoms with Crippen LogP contribution in [-0.4, -0.2) is 35.5 Å². The molecule has 0 bridgehead atoms. The van der Waals surface area contributed by atoms with E-state index in [1.807, 2.05) is 30.3 Å². The summed E-state index contributed by atoms with van der Waals surface area (Å²) >= 11 is 0. The predicted octanol–water partition coefficient (Wildman–Crippen LogP) is 4.81. The normalized spacial score (nSPS) is 23.6. The second-order valence-electron chi connectivity index (χ2n) is 7.26. The topological polar surface area (TPSA) is 55.4 Å². The van der Waals surface area contributed by atoms with Crippen LogP contribution in [-0.2, 0) is 4.74 Å². The van der Waals surface area contributed by atoms with Crippen LogP contribution in [0.1, 0.15) is 37.2 Å². The molecule has 0 aliphatic carbocycles. The molecular formula is C23H30O6. The maximum absolute atomic E-state index is 6.59. The van der Waals surface area contributed by atoms with Crippen LogP contribution in [0.4, 0.5) is 0 Å². The first-order chi connectivity index (χ1) is 14.0. The molecule has 0 radical (unpaired) electrons. The van der Waals surface area contributed by atoms with Gasteiger partial charge in [0.05, 0.1) is 47.8 Å². The second-order valence-corrected chi connectivity index (χ2v) is 7.26. The Balaban J connectivity index is 2.01. The van der Waals surface area contributed by atoms with Crippen molar-refractivity contribution in [1.82, 2.24) is 0 Å². The van der Waals surface area contributed by atoms with Crippen LogP contribution in [0.15, 0.2) is 30.3 Å². The third-order valence-corrected chi connectivity index (χ3v) is 5.84. The van der Waals surface area contributed by atoms with Gasteiger partial charge in [-0.2, -0.15) is 0 Å². The molecule has 0 saturated carbocycles. The Labute approximate surface area is 172 Å². The van der Waals surface area contributed by atoms with Gasteiger partial charge < -0.3 is 28.4 Å². The van der Waals surface area contributed by atoms with Crippen molar-refractivity contribution < 1.29 is 28.4 Å². The molecule has 1 aliphatic rings. The van der Waals surface area contributed by atoms with Crippen LogP contribution in [0.5, 0.6) is 28.7 Å². The molecule has 1 fully saturated rings. The number of benzene rings is 2. The monoisotopic (exact) mass is 402 g/mol. The highest BCUT2D eigenvalue weighted by Crippen LogP contribution is 2.53. The summed E-state index contributed by atoms with van der Waals surface area (Å²) in [5, 5.41) is 0. The van der Waals surface area contributed by atoms with Crippen molar-refractivity contribution in [1.29, 1.82) is 0 Å². The van der Waals surface area contributed by atoms with Gasteiger partial charge in [-0.05, 0) is 47.7 Å². The Hall–Kier alpha value is -2.60. The zero-order chi connectivity index (χ0) is 21.1. The van der Waals surface area contributed by atoms with Crippen LogP contribution in [0.25, 0.3) is 0 Å². The molecule has 4 unspecified atom stereocenters. The minimum absolute atomic E-state index is 0.125. The van der Waals surface area contributed by atoms with Crippen LogP contribution in [0.2, 0.25) is 0 Å². The predicted molar refractivity (Wildman–Crippen MR) is 111 cm³/mol. The van der Waals surface area contributed by atoms with Crippen LogP contribution in [0, 0.1) is 11.8 Å². The average molecular weight is 402 g/mol. The Kier molecular flexibility index (Phi) is 6.42. The van der Waals surface area contributed by atoms with E-state index in [-0.39, 0.29) is 24.0 Å². The van der Waals surface area contributed by atoms with Gasteiger partial charge in [-0.15, -0.1) is 0 Å². The molecule has 0 spiro atoms. The smallest absolute Gasteiger partial charge is 0.203 e. The van der Waals surface area contributed by atoms with Crippen molar-refractivity contribution in [2.75, 3.05) is 35.5 Å². The molecule has 1 saturated heterocycles. The van der Waals surface area contributed by atoms with Crippen molar-refractivity contribution in [2.24, 2.45) is 11.8 Å². The summed E-state index contributed by atoms with van der Waals surface area (Å²) < 4.78 is 34.1. The summed E-state index contributed by atoms with van der Waals surface area (Å²) in [6.45, 7) is 4.40. The van der Waals surface area contributed by atoms with Crippen LogP contribution >= 0.6 is 0 Å². The van der Waals surface area contributed by atoms with E-state index in [0.29, 0.717) is 17.2 Å². The summed E-state index contributed by atoms with van der Waals surface area (Å²) in [4.78, 5) is 0. The number of hydrogen-bond donors (Lipinski definition) is 0. The molecule has 0 N–H and O–H groups in total. The van der Waals surface area contributed by atoms with Crippen molar-refractivity contribution in [3.63, 3.8) is 0 Å². The summed E-state index contributed by atoms with van der Waals surface area (Å²) in [7, 11) is 8.16. The molecule has 4 atom stereocenters. The maximum Gasteiger partial charge on any atom is 0.203 e. The quantitative estimate of drug-likeness (QED) is 0.662. The minimum atomic E-state index is -0.126. The van der Waals surface area contributed by atoms with Gasteiger partial charge >= 0.3 is 0 Å². The molecule has 3 rings (SSSR count). The van der Waals surface area contributed by atoms with Gasteiger partial charge in [0.15, 0.2) is 11.5 Å². The first-order valence-electron chi connectivity index (χ1n) is 9.66. The van der Waals surface area contributed by atoms with Gasteiger partial charge in [-0.3, -0.25) is 0 Å². The highest BCUT2D eigenvalue weighted by molar-refractivity contribution is 5.54. The SMILES string of the molecule is COc1ccc(OC)c(C2OC(c3cc(OC)c(OC)c(OC)c3)C(C)C2C)c1. The van der Waals surface area contributed by atoms with Gasteiger partial charge in [0, 0.05) is 5.56 Å². The van der Waals surface area contributed by atoms with E-state index in [2.05, 4.69) is 13.8 Å². The van der Waals surface area contributed by atoms with Crippen molar-refractivity contribution >= 4 is 0 Å². The molecule has 0 amide bonds. The molecule has 29 heavy (non-hydrogen) atoms. The van der Waals surface area contributed by atoms with E-state index in [1.54, 1.807) is 35.5 Å². The Morgan fingerprint density at radius 2 is 1.24 bits per heavy atom. The fourth-order valence-corrected chi connectivity index (χ4v) is 4.02. The highest BCUT2D eigenvalue weighted by atomic mass is 16.5. The van der Waals surface area contributed by atoms with Crippen LogP contribution in [0.3, 0.4) is 0 Å². The van der Waals surface area contributed by atoms with Gasteiger partial charge in [0.1, 0.15) is 11.5 Å².